The fourth-order valence-corrected chi connectivity index (χ4v) is 3.61. The number of carbonyl (C=O) groups excluding carboxylic acids is 2. The van der Waals surface area contributed by atoms with Crippen molar-refractivity contribution in [3.63, 3.8) is 0 Å². The number of nitrogens with one attached hydrogen (secondary N) is 1. The lowest BCUT2D eigenvalue weighted by Crippen LogP contribution is -2.57. The van der Waals surface area contributed by atoms with Crippen molar-refractivity contribution in [2.75, 3.05) is 43.1 Å². The lowest BCUT2D eigenvalue weighted by atomic mass is 9.90. The first-order chi connectivity index (χ1) is 14.2. The minimum atomic E-state index is -4.47. The fraction of sp³-hybridized carbons (Fsp3) is 0.579. The second-order valence-electron chi connectivity index (χ2n) is 7.38. The summed E-state index contributed by atoms with van der Waals surface area (Å²) in [5, 5.41) is 2.45. The molecule has 3 rings (SSSR count). The number of hydrogen-bond donors (Lipinski definition) is 2. The van der Waals surface area contributed by atoms with Crippen molar-refractivity contribution in [2.45, 2.75) is 37.5 Å². The molecule has 0 radical (unpaired) electrons. The highest BCUT2D eigenvalue weighted by atomic mass is 19.4. The highest BCUT2D eigenvalue weighted by Gasteiger charge is 2.41. The van der Waals surface area contributed by atoms with Gasteiger partial charge in [-0.3, -0.25) is 14.5 Å². The summed E-state index contributed by atoms with van der Waals surface area (Å²) in [5.74, 6) is -1.86. The monoisotopic (exact) mass is 432 g/mol. The molecule has 1 saturated heterocycles. The quantitative estimate of drug-likeness (QED) is 0.643. The third-order valence-corrected chi connectivity index (χ3v) is 5.32. The second kappa shape index (κ2) is 9.27. The van der Waals surface area contributed by atoms with Gasteiger partial charge in [0.2, 0.25) is 5.91 Å². The van der Waals surface area contributed by atoms with Gasteiger partial charge in [0.25, 0.3) is 5.91 Å². The number of benzene rings is 1. The Morgan fingerprint density at radius 1 is 1.37 bits per heavy atom. The first-order valence-electron chi connectivity index (χ1n) is 9.70. The van der Waals surface area contributed by atoms with Crippen molar-refractivity contribution in [1.29, 1.82) is 0 Å². The summed E-state index contributed by atoms with van der Waals surface area (Å²) in [6.45, 7) is -1.21. The van der Waals surface area contributed by atoms with Gasteiger partial charge in [0, 0.05) is 24.8 Å². The van der Waals surface area contributed by atoms with E-state index in [2.05, 4.69) is 5.32 Å². The summed E-state index contributed by atoms with van der Waals surface area (Å²) in [4.78, 5) is 26.9. The van der Waals surface area contributed by atoms with E-state index in [1.54, 1.807) is 0 Å². The molecular weight excluding hydrogens is 408 g/mol. The number of anilines is 2. The first kappa shape index (κ1) is 22.4. The summed E-state index contributed by atoms with van der Waals surface area (Å²) in [6, 6.07) is 2.20. The zero-order chi connectivity index (χ0) is 21.9. The summed E-state index contributed by atoms with van der Waals surface area (Å²) in [6.07, 6.45) is -2.54. The number of alkyl halides is 3. The Morgan fingerprint density at radius 3 is 2.63 bits per heavy atom. The Balaban J connectivity index is 1.72. The van der Waals surface area contributed by atoms with E-state index < -0.39 is 30.5 Å². The van der Waals surface area contributed by atoms with Crippen molar-refractivity contribution in [3.05, 3.63) is 24.0 Å². The summed E-state index contributed by atoms with van der Waals surface area (Å²) < 4.78 is 58.6. The number of nitrogens with zero attached hydrogens (tertiary/aromatic N) is 2. The minimum Gasteiger partial charge on any atom is -0.370 e. The molecule has 3 N–H and O–H groups in total. The van der Waals surface area contributed by atoms with Crippen LogP contribution in [0.3, 0.4) is 0 Å². The van der Waals surface area contributed by atoms with Crippen molar-refractivity contribution in [1.82, 2.24) is 4.90 Å². The highest BCUT2D eigenvalue weighted by Crippen LogP contribution is 2.30. The molecule has 1 atom stereocenters. The number of morpholine rings is 1. The topological polar surface area (TPSA) is 87.9 Å². The zero-order valence-electron chi connectivity index (χ0n) is 16.3. The van der Waals surface area contributed by atoms with Gasteiger partial charge in [-0.1, -0.05) is 6.42 Å². The third kappa shape index (κ3) is 5.27. The Hall–Kier alpha value is -2.24. The van der Waals surface area contributed by atoms with Crippen LogP contribution in [0.5, 0.6) is 0 Å². The maximum absolute atomic E-state index is 14.5. The van der Waals surface area contributed by atoms with E-state index in [1.165, 1.54) is 17.0 Å². The predicted molar refractivity (Wildman–Crippen MR) is 101 cm³/mol. The largest absolute Gasteiger partial charge is 0.401 e. The molecule has 0 spiro atoms. The summed E-state index contributed by atoms with van der Waals surface area (Å²) in [5.41, 5.74) is 5.75. The fourth-order valence-electron chi connectivity index (χ4n) is 3.61. The number of nitrogens with two attached hydrogens (primary N) is 1. The van der Waals surface area contributed by atoms with Gasteiger partial charge in [-0.2, -0.15) is 13.2 Å². The molecule has 11 heteroatoms. The molecule has 2 fully saturated rings. The Morgan fingerprint density at radius 2 is 2.10 bits per heavy atom. The number of carbonyl (C=O) groups is 2. The standard InChI is InChI=1S/C19H24F4N4O3/c20-14-8-12(4-5-15(14)26-6-7-30-10-17(26)28)25-18(29)16(9-24)27(11-19(21,22)23)13-2-1-3-13/h4-5,8,13,16H,1-3,6-7,9-11,24H2,(H,25,29)/t16-/m0/s1. The van der Waals surface area contributed by atoms with E-state index in [9.17, 15) is 27.2 Å². The van der Waals surface area contributed by atoms with Crippen molar-refractivity contribution >= 4 is 23.2 Å². The smallest absolute Gasteiger partial charge is 0.370 e. The molecule has 1 aromatic carbocycles. The molecule has 1 aromatic rings. The molecule has 1 saturated carbocycles. The second-order valence-corrected chi connectivity index (χ2v) is 7.38. The number of ether oxygens (including phenoxy) is 1. The van der Waals surface area contributed by atoms with E-state index in [0.717, 1.165) is 17.4 Å². The van der Waals surface area contributed by atoms with Crippen LogP contribution in [0.1, 0.15) is 19.3 Å². The molecule has 0 aromatic heterocycles. The summed E-state index contributed by atoms with van der Waals surface area (Å²) in [7, 11) is 0. The first-order valence-corrected chi connectivity index (χ1v) is 9.70. The molecule has 1 aliphatic heterocycles. The molecule has 1 heterocycles. The normalized spacial score (nSPS) is 19.0. The predicted octanol–water partition coefficient (Wildman–Crippen LogP) is 1.87. The van der Waals surface area contributed by atoms with Gasteiger partial charge >= 0.3 is 6.18 Å². The summed E-state index contributed by atoms with van der Waals surface area (Å²) >= 11 is 0. The van der Waals surface area contributed by atoms with E-state index in [4.69, 9.17) is 10.5 Å². The zero-order valence-corrected chi connectivity index (χ0v) is 16.3. The molecule has 166 valence electrons. The minimum absolute atomic E-state index is 0.0461. The maximum atomic E-state index is 14.5. The van der Waals surface area contributed by atoms with Gasteiger partial charge in [-0.25, -0.2) is 4.39 Å². The van der Waals surface area contributed by atoms with Crippen LogP contribution in [-0.2, 0) is 14.3 Å². The average molecular weight is 432 g/mol. The number of amides is 2. The van der Waals surface area contributed by atoms with E-state index >= 15 is 0 Å². The average Bonchev–Trinajstić information content (AvgIpc) is 2.60. The molecule has 0 unspecified atom stereocenters. The molecule has 0 bridgehead atoms. The SMILES string of the molecule is NC[C@@H](C(=O)Nc1ccc(N2CCOCC2=O)c(F)c1)N(CC(F)(F)F)C1CCC1. The molecule has 2 amide bonds. The van der Waals surface area contributed by atoms with Crippen molar-refractivity contribution < 1.29 is 31.9 Å². The number of rotatable bonds is 7. The van der Waals surface area contributed by atoms with Gasteiger partial charge in [0.05, 0.1) is 18.8 Å². The van der Waals surface area contributed by atoms with Crippen LogP contribution in [0.25, 0.3) is 0 Å². The van der Waals surface area contributed by atoms with Crippen LogP contribution < -0.4 is 16.0 Å². The lowest BCUT2D eigenvalue weighted by molar-refractivity contribution is -0.162. The molecule has 1 aliphatic carbocycles. The third-order valence-electron chi connectivity index (χ3n) is 5.32. The number of halogens is 4. The van der Waals surface area contributed by atoms with Crippen LogP contribution in [0.4, 0.5) is 28.9 Å². The van der Waals surface area contributed by atoms with Crippen LogP contribution in [0.15, 0.2) is 18.2 Å². The van der Waals surface area contributed by atoms with E-state index in [0.29, 0.717) is 12.8 Å². The van der Waals surface area contributed by atoms with Crippen molar-refractivity contribution in [3.8, 4) is 0 Å². The van der Waals surface area contributed by atoms with Crippen molar-refractivity contribution in [2.24, 2.45) is 5.73 Å². The van der Waals surface area contributed by atoms with Crippen LogP contribution >= 0.6 is 0 Å². The molecule has 30 heavy (non-hydrogen) atoms. The van der Waals surface area contributed by atoms with Gasteiger partial charge in [-0.05, 0) is 31.0 Å². The molecule has 2 aliphatic rings. The Kier molecular flexibility index (Phi) is 6.94. The van der Waals surface area contributed by atoms with Gasteiger partial charge in [0.1, 0.15) is 18.5 Å². The van der Waals surface area contributed by atoms with Gasteiger partial charge in [-0.15, -0.1) is 0 Å². The maximum Gasteiger partial charge on any atom is 0.401 e. The molecular formula is C19H24F4N4O3. The van der Waals surface area contributed by atoms with Crippen LogP contribution in [0.2, 0.25) is 0 Å². The van der Waals surface area contributed by atoms with Crippen LogP contribution in [-0.4, -0.2) is 67.8 Å². The van der Waals surface area contributed by atoms with E-state index in [1.807, 2.05) is 0 Å². The number of hydrogen-bond acceptors (Lipinski definition) is 5. The Bertz CT molecular complexity index is 786. The van der Waals surface area contributed by atoms with Crippen LogP contribution in [0, 0.1) is 5.82 Å². The lowest BCUT2D eigenvalue weighted by Gasteiger charge is -2.41. The molecule has 7 nitrogen and oxygen atoms in total. The van der Waals surface area contributed by atoms with Gasteiger partial charge in [0.15, 0.2) is 0 Å². The Labute approximate surface area is 171 Å². The van der Waals surface area contributed by atoms with E-state index in [-0.39, 0.29) is 49.6 Å². The van der Waals surface area contributed by atoms with Gasteiger partial charge < -0.3 is 20.7 Å². The highest BCUT2D eigenvalue weighted by molar-refractivity contribution is 5.97.